The van der Waals surface area contributed by atoms with E-state index in [-0.39, 0.29) is 0 Å². The minimum atomic E-state index is 0.357. The largest absolute Gasteiger partial charge is 0.268 e. The van der Waals surface area contributed by atoms with E-state index < -0.39 is 0 Å². The first-order chi connectivity index (χ1) is 6.18. The van der Waals surface area contributed by atoms with Gasteiger partial charge in [0.25, 0.3) is 0 Å². The van der Waals surface area contributed by atoms with Gasteiger partial charge in [0.05, 0.1) is 0 Å². The van der Waals surface area contributed by atoms with Gasteiger partial charge in [-0.3, -0.25) is 4.99 Å². The fraction of sp³-hybridized carbons (Fsp3) is 0.636. The standard InChI is InChI=1S/C11H18N2/c1-9(2)13-11-7-5-4-6-10(3)8-12-11/h6,8-9H,4-5,7H2,1-3H3/b10-6-,12-8?,13-11?. The van der Waals surface area contributed by atoms with Crippen molar-refractivity contribution in [2.24, 2.45) is 9.98 Å². The first-order valence-corrected chi connectivity index (χ1v) is 4.96. The zero-order valence-electron chi connectivity index (χ0n) is 8.75. The molecule has 1 aliphatic heterocycles. The molecule has 1 rings (SSSR count). The average Bonchev–Trinajstić information content (AvgIpc) is 2.03. The molecule has 0 amide bonds. The second kappa shape index (κ2) is 4.95. The number of rotatable bonds is 1. The Morgan fingerprint density at radius 2 is 2.23 bits per heavy atom. The van der Waals surface area contributed by atoms with Crippen LogP contribution in [0.3, 0.4) is 0 Å². The van der Waals surface area contributed by atoms with Crippen molar-refractivity contribution in [2.45, 2.75) is 46.1 Å². The van der Waals surface area contributed by atoms with Gasteiger partial charge in [0, 0.05) is 18.7 Å². The van der Waals surface area contributed by atoms with E-state index in [1.165, 1.54) is 12.0 Å². The number of aliphatic imine (C=N–C) groups is 2. The van der Waals surface area contributed by atoms with Crippen LogP contribution in [0, 0.1) is 0 Å². The topological polar surface area (TPSA) is 24.7 Å². The van der Waals surface area contributed by atoms with Gasteiger partial charge in [-0.25, -0.2) is 4.99 Å². The summed E-state index contributed by atoms with van der Waals surface area (Å²) in [5, 5.41) is 0. The van der Waals surface area contributed by atoms with Crippen LogP contribution in [0.1, 0.15) is 40.0 Å². The third-order valence-electron chi connectivity index (χ3n) is 1.90. The Hall–Kier alpha value is -0.920. The van der Waals surface area contributed by atoms with Crippen LogP contribution in [-0.4, -0.2) is 18.1 Å². The maximum atomic E-state index is 4.46. The summed E-state index contributed by atoms with van der Waals surface area (Å²) < 4.78 is 0. The van der Waals surface area contributed by atoms with E-state index in [9.17, 15) is 0 Å². The maximum absolute atomic E-state index is 4.46. The van der Waals surface area contributed by atoms with Crippen LogP contribution in [-0.2, 0) is 0 Å². The molecular formula is C11H18N2. The lowest BCUT2D eigenvalue weighted by molar-refractivity contribution is 0.809. The summed E-state index contributed by atoms with van der Waals surface area (Å²) in [4.78, 5) is 8.83. The SMILES string of the molecule is C/C1=C/CCCC(=NC(C)C)N=C1. The molecule has 72 valence electrons. The van der Waals surface area contributed by atoms with E-state index in [0.29, 0.717) is 6.04 Å². The van der Waals surface area contributed by atoms with Gasteiger partial charge in [-0.15, -0.1) is 0 Å². The normalized spacial score (nSPS) is 25.5. The Bertz CT molecular complexity index is 247. The molecule has 0 radical (unpaired) electrons. The van der Waals surface area contributed by atoms with E-state index in [2.05, 4.69) is 36.8 Å². The number of nitrogens with zero attached hydrogens (tertiary/aromatic N) is 2. The van der Waals surface area contributed by atoms with Crippen molar-refractivity contribution in [1.82, 2.24) is 0 Å². The van der Waals surface area contributed by atoms with Gasteiger partial charge in [-0.2, -0.15) is 0 Å². The summed E-state index contributed by atoms with van der Waals surface area (Å²) in [6, 6.07) is 0.357. The first-order valence-electron chi connectivity index (χ1n) is 4.96. The molecule has 13 heavy (non-hydrogen) atoms. The molecule has 2 heteroatoms. The minimum absolute atomic E-state index is 0.357. The zero-order valence-corrected chi connectivity index (χ0v) is 8.75. The average molecular weight is 178 g/mol. The fourth-order valence-electron chi connectivity index (χ4n) is 1.28. The molecule has 0 unspecified atom stereocenters. The Morgan fingerprint density at radius 3 is 2.92 bits per heavy atom. The highest BCUT2D eigenvalue weighted by Gasteiger charge is 2.00. The van der Waals surface area contributed by atoms with E-state index in [1.807, 2.05) is 6.21 Å². The van der Waals surface area contributed by atoms with Crippen molar-refractivity contribution < 1.29 is 0 Å². The number of allylic oxidation sites excluding steroid dienone is 2. The van der Waals surface area contributed by atoms with E-state index in [1.54, 1.807) is 0 Å². The predicted molar refractivity (Wildman–Crippen MR) is 58.7 cm³/mol. The molecule has 0 saturated heterocycles. The smallest absolute Gasteiger partial charge is 0.123 e. The predicted octanol–water partition coefficient (Wildman–Crippen LogP) is 2.99. The number of hydrogen-bond acceptors (Lipinski definition) is 1. The molecule has 0 spiro atoms. The second-order valence-electron chi connectivity index (χ2n) is 3.74. The monoisotopic (exact) mass is 178 g/mol. The second-order valence-corrected chi connectivity index (χ2v) is 3.74. The van der Waals surface area contributed by atoms with E-state index >= 15 is 0 Å². The minimum Gasteiger partial charge on any atom is -0.268 e. The van der Waals surface area contributed by atoms with Crippen molar-refractivity contribution in [3.05, 3.63) is 11.6 Å². The van der Waals surface area contributed by atoms with Crippen LogP contribution >= 0.6 is 0 Å². The highest BCUT2D eigenvalue weighted by molar-refractivity contribution is 5.94. The zero-order chi connectivity index (χ0) is 9.68. The van der Waals surface area contributed by atoms with Gasteiger partial charge in [-0.1, -0.05) is 6.08 Å². The quantitative estimate of drug-likeness (QED) is 0.589. The third-order valence-corrected chi connectivity index (χ3v) is 1.90. The van der Waals surface area contributed by atoms with Crippen LogP contribution < -0.4 is 0 Å². The van der Waals surface area contributed by atoms with Gasteiger partial charge in [0.1, 0.15) is 5.84 Å². The molecule has 0 aromatic rings. The van der Waals surface area contributed by atoms with E-state index in [4.69, 9.17) is 0 Å². The highest BCUT2D eigenvalue weighted by atomic mass is 14.9. The summed E-state index contributed by atoms with van der Waals surface area (Å²) in [5.74, 6) is 1.00. The summed E-state index contributed by atoms with van der Waals surface area (Å²) in [5.41, 5.74) is 1.25. The molecule has 0 aliphatic carbocycles. The van der Waals surface area contributed by atoms with Gasteiger partial charge in [-0.05, 0) is 39.2 Å². The fourth-order valence-corrected chi connectivity index (χ4v) is 1.28. The summed E-state index contributed by atoms with van der Waals surface area (Å²) in [6.07, 6.45) is 7.48. The van der Waals surface area contributed by atoms with Gasteiger partial charge >= 0.3 is 0 Å². The van der Waals surface area contributed by atoms with Gasteiger partial charge in [0.15, 0.2) is 0 Å². The lowest BCUT2D eigenvalue weighted by Crippen LogP contribution is -2.02. The van der Waals surface area contributed by atoms with Crippen molar-refractivity contribution in [2.75, 3.05) is 0 Å². The van der Waals surface area contributed by atoms with Crippen molar-refractivity contribution >= 4 is 12.1 Å². The first kappa shape index (κ1) is 10.2. The Balaban J connectivity index is 2.71. The van der Waals surface area contributed by atoms with Gasteiger partial charge < -0.3 is 0 Å². The molecule has 0 aromatic carbocycles. The molecule has 2 nitrogen and oxygen atoms in total. The Kier molecular flexibility index (Phi) is 3.87. The van der Waals surface area contributed by atoms with Crippen molar-refractivity contribution in [3.63, 3.8) is 0 Å². The van der Waals surface area contributed by atoms with Crippen LogP contribution in [0.25, 0.3) is 0 Å². The molecule has 0 aromatic heterocycles. The molecule has 0 bridgehead atoms. The molecule has 0 fully saturated rings. The number of amidine groups is 1. The lowest BCUT2D eigenvalue weighted by atomic mass is 10.1. The van der Waals surface area contributed by atoms with Gasteiger partial charge in [0.2, 0.25) is 0 Å². The molecule has 0 N–H and O–H groups in total. The summed E-state index contributed by atoms with van der Waals surface area (Å²) in [6.45, 7) is 6.26. The molecule has 1 aliphatic rings. The van der Waals surface area contributed by atoms with Crippen LogP contribution in [0.2, 0.25) is 0 Å². The van der Waals surface area contributed by atoms with Crippen LogP contribution in [0.5, 0.6) is 0 Å². The van der Waals surface area contributed by atoms with Crippen LogP contribution in [0.4, 0.5) is 0 Å². The van der Waals surface area contributed by atoms with Crippen LogP contribution in [0.15, 0.2) is 21.6 Å². The Morgan fingerprint density at radius 1 is 1.46 bits per heavy atom. The Labute approximate surface area is 80.5 Å². The summed E-state index contributed by atoms with van der Waals surface area (Å²) in [7, 11) is 0. The van der Waals surface area contributed by atoms with E-state index in [0.717, 1.165) is 18.7 Å². The maximum Gasteiger partial charge on any atom is 0.123 e. The van der Waals surface area contributed by atoms with Crippen molar-refractivity contribution in [3.8, 4) is 0 Å². The lowest BCUT2D eigenvalue weighted by Gasteiger charge is -2.05. The molecule has 1 heterocycles. The summed E-state index contributed by atoms with van der Waals surface area (Å²) >= 11 is 0. The molecule has 0 atom stereocenters. The van der Waals surface area contributed by atoms with Crippen molar-refractivity contribution in [1.29, 1.82) is 0 Å². The molecule has 0 saturated carbocycles. The highest BCUT2D eigenvalue weighted by Crippen LogP contribution is 2.07. The number of hydrogen-bond donors (Lipinski definition) is 0. The molecular weight excluding hydrogens is 160 g/mol. The third kappa shape index (κ3) is 4.02.